The van der Waals surface area contributed by atoms with Gasteiger partial charge in [0.2, 0.25) is 0 Å². The van der Waals surface area contributed by atoms with Gasteiger partial charge in [-0.25, -0.2) is 4.99 Å². The highest BCUT2D eigenvalue weighted by Gasteiger charge is 2.50. The third kappa shape index (κ3) is 4.88. The number of nitrogens with zero attached hydrogens (tertiary/aromatic N) is 2. The SMILES string of the molecule is C[C@H](C1CCCCC1)N1C(=O)[C@@](CCC2CCCCC2)(CC2CCCCC2)N=C1N. The highest BCUT2D eigenvalue weighted by atomic mass is 16.2. The molecule has 2 N–H and O–H groups in total. The normalized spacial score (nSPS) is 31.2. The molecule has 1 amide bonds. The number of nitrogens with two attached hydrogens (primary N) is 1. The first-order chi connectivity index (χ1) is 14.6. The van der Waals surface area contributed by atoms with Crippen LogP contribution in [0.5, 0.6) is 0 Å². The van der Waals surface area contributed by atoms with Gasteiger partial charge in [0.25, 0.3) is 5.91 Å². The van der Waals surface area contributed by atoms with Crippen molar-refractivity contribution in [2.24, 2.45) is 28.5 Å². The molecule has 0 saturated heterocycles. The summed E-state index contributed by atoms with van der Waals surface area (Å²) in [5.74, 6) is 2.80. The Balaban J connectivity index is 1.50. The van der Waals surface area contributed by atoms with Gasteiger partial charge in [0.15, 0.2) is 5.96 Å². The van der Waals surface area contributed by atoms with Gasteiger partial charge < -0.3 is 5.73 Å². The minimum atomic E-state index is -0.563. The number of rotatable bonds is 7. The topological polar surface area (TPSA) is 58.7 Å². The van der Waals surface area contributed by atoms with E-state index in [4.69, 9.17) is 10.7 Å². The first-order valence-corrected chi connectivity index (χ1v) is 13.3. The molecule has 0 unspecified atom stereocenters. The molecule has 4 rings (SSSR count). The van der Waals surface area contributed by atoms with Crippen LogP contribution in [0.4, 0.5) is 0 Å². The Bertz CT molecular complexity index is 599. The second-order valence-electron chi connectivity index (χ2n) is 11.1. The average molecular weight is 416 g/mol. The van der Waals surface area contributed by atoms with Crippen LogP contribution < -0.4 is 5.73 Å². The Morgan fingerprint density at radius 3 is 2.03 bits per heavy atom. The van der Waals surface area contributed by atoms with Crippen LogP contribution in [0, 0.1) is 17.8 Å². The molecule has 30 heavy (non-hydrogen) atoms. The highest BCUT2D eigenvalue weighted by Crippen LogP contribution is 2.42. The zero-order valence-corrected chi connectivity index (χ0v) is 19.4. The molecule has 170 valence electrons. The van der Waals surface area contributed by atoms with Gasteiger partial charge in [-0.05, 0) is 56.8 Å². The van der Waals surface area contributed by atoms with Crippen molar-refractivity contribution in [2.45, 2.75) is 134 Å². The van der Waals surface area contributed by atoms with E-state index in [0.717, 1.165) is 25.2 Å². The van der Waals surface area contributed by atoms with Crippen molar-refractivity contribution in [3.63, 3.8) is 0 Å². The molecule has 1 aliphatic heterocycles. The van der Waals surface area contributed by atoms with Gasteiger partial charge in [-0.3, -0.25) is 9.69 Å². The number of carbonyl (C=O) groups is 1. The van der Waals surface area contributed by atoms with E-state index >= 15 is 0 Å². The minimum absolute atomic E-state index is 0.199. The molecule has 0 radical (unpaired) electrons. The predicted octanol–water partition coefficient (Wildman–Crippen LogP) is 6.18. The maximum absolute atomic E-state index is 14.0. The fraction of sp³-hybridized carbons (Fsp3) is 0.923. The maximum Gasteiger partial charge on any atom is 0.257 e. The van der Waals surface area contributed by atoms with E-state index in [1.165, 1.54) is 96.3 Å². The molecule has 4 nitrogen and oxygen atoms in total. The van der Waals surface area contributed by atoms with Gasteiger partial charge in [-0.1, -0.05) is 83.5 Å². The maximum atomic E-state index is 14.0. The van der Waals surface area contributed by atoms with Crippen molar-refractivity contribution in [1.82, 2.24) is 4.90 Å². The summed E-state index contributed by atoms with van der Waals surface area (Å²) in [6, 6.07) is 0.199. The summed E-state index contributed by atoms with van der Waals surface area (Å²) in [5, 5.41) is 0. The molecule has 0 bridgehead atoms. The summed E-state index contributed by atoms with van der Waals surface area (Å²) in [7, 11) is 0. The van der Waals surface area contributed by atoms with E-state index in [1.807, 2.05) is 4.90 Å². The standard InChI is InChI=1S/C26H45N3O/c1-20(23-15-9-4-10-16-23)29-24(30)26(28-25(29)27,19-22-13-7-3-8-14-22)18-17-21-11-5-2-6-12-21/h20-23H,2-19H2,1H3,(H2,27,28)/t20-,26-/m1/s1. The number of amides is 1. The highest BCUT2D eigenvalue weighted by molar-refractivity contribution is 6.07. The van der Waals surface area contributed by atoms with Crippen LogP contribution in [-0.2, 0) is 4.79 Å². The molecule has 4 aliphatic rings. The second kappa shape index (κ2) is 10.0. The molecule has 4 heteroatoms. The van der Waals surface area contributed by atoms with Crippen molar-refractivity contribution >= 4 is 11.9 Å². The zero-order chi connectivity index (χ0) is 21.0. The Labute approximate surface area is 184 Å². The van der Waals surface area contributed by atoms with Crippen LogP contribution in [0.3, 0.4) is 0 Å². The van der Waals surface area contributed by atoms with Crippen LogP contribution in [0.2, 0.25) is 0 Å². The molecule has 0 aromatic heterocycles. The van der Waals surface area contributed by atoms with Gasteiger partial charge in [0, 0.05) is 6.04 Å². The van der Waals surface area contributed by atoms with Gasteiger partial charge in [-0.2, -0.15) is 0 Å². The Morgan fingerprint density at radius 2 is 1.43 bits per heavy atom. The average Bonchev–Trinajstić information content (AvgIpc) is 3.03. The van der Waals surface area contributed by atoms with Crippen LogP contribution in [0.15, 0.2) is 4.99 Å². The summed E-state index contributed by atoms with van der Waals surface area (Å²) in [5.41, 5.74) is 5.96. The quantitative estimate of drug-likeness (QED) is 0.539. The number of guanidine groups is 1. The number of hydrogen-bond acceptors (Lipinski definition) is 3. The van der Waals surface area contributed by atoms with Crippen LogP contribution in [0.25, 0.3) is 0 Å². The molecule has 3 fully saturated rings. The van der Waals surface area contributed by atoms with E-state index in [2.05, 4.69) is 6.92 Å². The summed E-state index contributed by atoms with van der Waals surface area (Å²) >= 11 is 0. The molecule has 0 spiro atoms. The number of hydrogen-bond donors (Lipinski definition) is 1. The van der Waals surface area contributed by atoms with E-state index in [9.17, 15) is 4.79 Å². The Hall–Kier alpha value is -1.06. The monoisotopic (exact) mass is 415 g/mol. The van der Waals surface area contributed by atoms with E-state index in [-0.39, 0.29) is 11.9 Å². The third-order valence-electron chi connectivity index (χ3n) is 8.97. The van der Waals surface area contributed by atoms with E-state index in [0.29, 0.717) is 17.8 Å². The fourth-order valence-electron chi connectivity index (χ4n) is 7.06. The molecular formula is C26H45N3O. The fourth-order valence-corrected chi connectivity index (χ4v) is 7.06. The molecule has 0 aromatic carbocycles. The molecular weight excluding hydrogens is 370 g/mol. The van der Waals surface area contributed by atoms with Crippen molar-refractivity contribution < 1.29 is 4.79 Å². The first-order valence-electron chi connectivity index (χ1n) is 13.3. The van der Waals surface area contributed by atoms with E-state index < -0.39 is 5.54 Å². The van der Waals surface area contributed by atoms with Crippen molar-refractivity contribution in [1.29, 1.82) is 0 Å². The van der Waals surface area contributed by atoms with Gasteiger partial charge in [0.1, 0.15) is 5.54 Å². The molecule has 2 atom stereocenters. The second-order valence-corrected chi connectivity index (χ2v) is 11.1. The van der Waals surface area contributed by atoms with Gasteiger partial charge >= 0.3 is 0 Å². The Kier molecular flexibility index (Phi) is 7.41. The summed E-state index contributed by atoms with van der Waals surface area (Å²) in [4.78, 5) is 21.0. The molecule has 0 aromatic rings. The Morgan fingerprint density at radius 1 is 0.900 bits per heavy atom. The largest absolute Gasteiger partial charge is 0.369 e. The van der Waals surface area contributed by atoms with Crippen molar-refractivity contribution in [3.05, 3.63) is 0 Å². The molecule has 3 aliphatic carbocycles. The van der Waals surface area contributed by atoms with Crippen LogP contribution in [-0.4, -0.2) is 28.3 Å². The third-order valence-corrected chi connectivity index (χ3v) is 8.97. The number of aliphatic imine (C=N–C) groups is 1. The van der Waals surface area contributed by atoms with Crippen LogP contribution >= 0.6 is 0 Å². The molecule has 1 heterocycles. The van der Waals surface area contributed by atoms with Crippen molar-refractivity contribution in [2.75, 3.05) is 0 Å². The van der Waals surface area contributed by atoms with Crippen LogP contribution in [0.1, 0.15) is 122 Å². The lowest BCUT2D eigenvalue weighted by atomic mass is 9.75. The lowest BCUT2D eigenvalue weighted by Gasteiger charge is -2.37. The zero-order valence-electron chi connectivity index (χ0n) is 19.4. The van der Waals surface area contributed by atoms with E-state index in [1.54, 1.807) is 0 Å². The summed E-state index contributed by atoms with van der Waals surface area (Å²) in [6.07, 6.45) is 22.7. The number of carbonyl (C=O) groups excluding carboxylic acids is 1. The summed E-state index contributed by atoms with van der Waals surface area (Å²) < 4.78 is 0. The minimum Gasteiger partial charge on any atom is -0.369 e. The van der Waals surface area contributed by atoms with Gasteiger partial charge in [-0.15, -0.1) is 0 Å². The smallest absolute Gasteiger partial charge is 0.257 e. The lowest BCUT2D eigenvalue weighted by molar-refractivity contribution is -0.134. The summed E-state index contributed by atoms with van der Waals surface area (Å²) in [6.45, 7) is 2.23. The van der Waals surface area contributed by atoms with Crippen molar-refractivity contribution in [3.8, 4) is 0 Å². The predicted molar refractivity (Wildman–Crippen MR) is 124 cm³/mol. The first kappa shape index (κ1) is 22.1. The molecule has 3 saturated carbocycles. The lowest BCUT2D eigenvalue weighted by Crippen LogP contribution is -2.51. The van der Waals surface area contributed by atoms with Gasteiger partial charge in [0.05, 0.1) is 0 Å².